The van der Waals surface area contributed by atoms with Gasteiger partial charge in [0.25, 0.3) is 0 Å². The molecule has 0 radical (unpaired) electrons. The first kappa shape index (κ1) is 13.3. The third kappa shape index (κ3) is 3.22. The van der Waals surface area contributed by atoms with E-state index in [0.717, 1.165) is 25.9 Å². The fourth-order valence-corrected chi connectivity index (χ4v) is 3.34. The van der Waals surface area contributed by atoms with Crippen LogP contribution >= 0.6 is 0 Å². The Morgan fingerprint density at radius 2 is 2.06 bits per heavy atom. The van der Waals surface area contributed by atoms with Gasteiger partial charge in [0.15, 0.2) is 0 Å². The van der Waals surface area contributed by atoms with Crippen LogP contribution in [0.1, 0.15) is 12.8 Å². The van der Waals surface area contributed by atoms with Gasteiger partial charge >= 0.3 is 0 Å². The summed E-state index contributed by atoms with van der Waals surface area (Å²) in [5, 5.41) is 3.20. The highest BCUT2D eigenvalue weighted by molar-refractivity contribution is 7.89. The normalized spacial score (nSPS) is 17.6. The summed E-state index contributed by atoms with van der Waals surface area (Å²) in [6.07, 6.45) is 1.65. The van der Waals surface area contributed by atoms with Gasteiger partial charge < -0.3 is 10.1 Å². The Morgan fingerprint density at radius 1 is 1.33 bits per heavy atom. The van der Waals surface area contributed by atoms with Crippen molar-refractivity contribution in [3.05, 3.63) is 24.3 Å². The molecule has 1 saturated heterocycles. The Labute approximate surface area is 108 Å². The number of hydrogen-bond acceptors (Lipinski definition) is 4. The number of rotatable bonds is 4. The van der Waals surface area contributed by atoms with Crippen LogP contribution in [-0.4, -0.2) is 34.7 Å². The van der Waals surface area contributed by atoms with Gasteiger partial charge in [0, 0.05) is 12.1 Å². The molecule has 1 fully saturated rings. The van der Waals surface area contributed by atoms with Crippen LogP contribution in [0.2, 0.25) is 0 Å². The quantitative estimate of drug-likeness (QED) is 0.846. The maximum absolute atomic E-state index is 12.2. The first-order chi connectivity index (χ1) is 8.62. The lowest BCUT2D eigenvalue weighted by Gasteiger charge is -2.23. The van der Waals surface area contributed by atoms with Crippen LogP contribution in [0.15, 0.2) is 29.2 Å². The minimum absolute atomic E-state index is 0.0162. The lowest BCUT2D eigenvalue weighted by atomic mass is 10.1. The van der Waals surface area contributed by atoms with Crippen molar-refractivity contribution in [3.63, 3.8) is 0 Å². The largest absolute Gasteiger partial charge is 0.497 e. The highest BCUT2D eigenvalue weighted by atomic mass is 32.2. The molecule has 2 rings (SSSR count). The van der Waals surface area contributed by atoms with E-state index in [1.807, 2.05) is 0 Å². The molecule has 18 heavy (non-hydrogen) atoms. The predicted octanol–water partition coefficient (Wildman–Crippen LogP) is 0.726. The SMILES string of the molecule is COc1cccc(S(=O)(=O)NC2CCNCC2)c1. The minimum atomic E-state index is -3.45. The van der Waals surface area contributed by atoms with Crippen molar-refractivity contribution in [1.82, 2.24) is 10.0 Å². The average molecular weight is 270 g/mol. The molecule has 1 aromatic carbocycles. The fourth-order valence-electron chi connectivity index (χ4n) is 2.00. The van der Waals surface area contributed by atoms with Gasteiger partial charge in [0.1, 0.15) is 5.75 Å². The lowest BCUT2D eigenvalue weighted by Crippen LogP contribution is -2.42. The molecule has 5 nitrogen and oxygen atoms in total. The molecule has 0 amide bonds. The summed E-state index contributed by atoms with van der Waals surface area (Å²) in [6, 6.07) is 6.52. The second kappa shape index (κ2) is 5.69. The molecule has 0 spiro atoms. The second-order valence-electron chi connectivity index (χ2n) is 4.32. The van der Waals surface area contributed by atoms with E-state index in [1.54, 1.807) is 18.2 Å². The highest BCUT2D eigenvalue weighted by Crippen LogP contribution is 2.18. The van der Waals surface area contributed by atoms with Gasteiger partial charge in [0.2, 0.25) is 10.0 Å². The summed E-state index contributed by atoms with van der Waals surface area (Å²) in [5.41, 5.74) is 0. The number of piperidine rings is 1. The van der Waals surface area contributed by atoms with Crippen LogP contribution in [0.4, 0.5) is 0 Å². The summed E-state index contributed by atoms with van der Waals surface area (Å²) in [6.45, 7) is 1.70. The third-order valence-electron chi connectivity index (χ3n) is 3.01. The molecule has 1 aliphatic rings. The summed E-state index contributed by atoms with van der Waals surface area (Å²) in [4.78, 5) is 0.250. The summed E-state index contributed by atoms with van der Waals surface area (Å²) in [5.74, 6) is 0.545. The van der Waals surface area contributed by atoms with Crippen molar-refractivity contribution in [3.8, 4) is 5.75 Å². The maximum Gasteiger partial charge on any atom is 0.240 e. The molecule has 0 atom stereocenters. The highest BCUT2D eigenvalue weighted by Gasteiger charge is 2.21. The molecule has 100 valence electrons. The van der Waals surface area contributed by atoms with Crippen LogP contribution in [0.25, 0.3) is 0 Å². The zero-order valence-corrected chi connectivity index (χ0v) is 11.2. The molecule has 0 bridgehead atoms. The first-order valence-corrected chi connectivity index (χ1v) is 7.47. The average Bonchev–Trinajstić information content (AvgIpc) is 2.39. The van der Waals surface area contributed by atoms with E-state index in [4.69, 9.17) is 4.74 Å². The molecule has 6 heteroatoms. The van der Waals surface area contributed by atoms with Crippen LogP contribution in [0.5, 0.6) is 5.75 Å². The van der Waals surface area contributed by atoms with E-state index in [2.05, 4.69) is 10.0 Å². The van der Waals surface area contributed by atoms with Crippen molar-refractivity contribution in [1.29, 1.82) is 0 Å². The predicted molar refractivity (Wildman–Crippen MR) is 69.2 cm³/mol. The molecule has 1 heterocycles. The van der Waals surface area contributed by atoms with Crippen molar-refractivity contribution in [2.75, 3.05) is 20.2 Å². The summed E-state index contributed by atoms with van der Waals surface area (Å²) >= 11 is 0. The molecular weight excluding hydrogens is 252 g/mol. The summed E-state index contributed by atoms with van der Waals surface area (Å²) < 4.78 is 32.1. The standard InChI is InChI=1S/C12H18N2O3S/c1-17-11-3-2-4-12(9-11)18(15,16)14-10-5-7-13-8-6-10/h2-4,9-10,13-14H,5-8H2,1H3. The number of methoxy groups -OCH3 is 1. The summed E-state index contributed by atoms with van der Waals surface area (Å²) in [7, 11) is -1.93. The molecule has 0 aliphatic carbocycles. The van der Waals surface area contributed by atoms with Crippen LogP contribution in [0, 0.1) is 0 Å². The number of hydrogen-bond donors (Lipinski definition) is 2. The van der Waals surface area contributed by atoms with Crippen molar-refractivity contribution < 1.29 is 13.2 Å². The molecule has 0 unspecified atom stereocenters. The second-order valence-corrected chi connectivity index (χ2v) is 6.04. The fraction of sp³-hybridized carbons (Fsp3) is 0.500. The number of ether oxygens (including phenoxy) is 1. The zero-order chi connectivity index (χ0) is 13.0. The van der Waals surface area contributed by atoms with Crippen LogP contribution < -0.4 is 14.8 Å². The Hall–Kier alpha value is -1.11. The molecule has 2 N–H and O–H groups in total. The Balaban J connectivity index is 2.13. The van der Waals surface area contributed by atoms with Gasteiger partial charge in [-0.25, -0.2) is 13.1 Å². The van der Waals surface area contributed by atoms with Gasteiger partial charge in [-0.3, -0.25) is 0 Å². The Kier molecular flexibility index (Phi) is 4.21. The van der Waals surface area contributed by atoms with Gasteiger partial charge in [-0.05, 0) is 38.1 Å². The topological polar surface area (TPSA) is 67.4 Å². The molecule has 1 aromatic rings. The van der Waals surface area contributed by atoms with E-state index in [1.165, 1.54) is 13.2 Å². The Bertz CT molecular complexity index is 496. The van der Waals surface area contributed by atoms with Gasteiger partial charge in [-0.1, -0.05) is 6.07 Å². The molecule has 1 aliphatic heterocycles. The van der Waals surface area contributed by atoms with E-state index in [9.17, 15) is 8.42 Å². The van der Waals surface area contributed by atoms with E-state index >= 15 is 0 Å². The smallest absolute Gasteiger partial charge is 0.240 e. The van der Waals surface area contributed by atoms with Gasteiger partial charge in [0.05, 0.1) is 12.0 Å². The van der Waals surface area contributed by atoms with E-state index in [0.29, 0.717) is 5.75 Å². The molecule has 0 aromatic heterocycles. The van der Waals surface area contributed by atoms with Crippen LogP contribution in [-0.2, 0) is 10.0 Å². The van der Waals surface area contributed by atoms with Gasteiger partial charge in [-0.15, -0.1) is 0 Å². The van der Waals surface area contributed by atoms with Gasteiger partial charge in [-0.2, -0.15) is 0 Å². The number of nitrogens with one attached hydrogen (secondary N) is 2. The van der Waals surface area contributed by atoms with E-state index in [-0.39, 0.29) is 10.9 Å². The maximum atomic E-state index is 12.2. The monoisotopic (exact) mass is 270 g/mol. The van der Waals surface area contributed by atoms with E-state index < -0.39 is 10.0 Å². The number of benzene rings is 1. The first-order valence-electron chi connectivity index (χ1n) is 5.99. The van der Waals surface area contributed by atoms with Crippen LogP contribution in [0.3, 0.4) is 0 Å². The minimum Gasteiger partial charge on any atom is -0.497 e. The lowest BCUT2D eigenvalue weighted by molar-refractivity contribution is 0.412. The molecular formula is C12H18N2O3S. The van der Waals surface area contributed by atoms with Crippen molar-refractivity contribution >= 4 is 10.0 Å². The zero-order valence-electron chi connectivity index (χ0n) is 10.3. The van der Waals surface area contributed by atoms with Crippen molar-refractivity contribution in [2.24, 2.45) is 0 Å². The third-order valence-corrected chi connectivity index (χ3v) is 4.53. The Morgan fingerprint density at radius 3 is 2.72 bits per heavy atom. The molecule has 0 saturated carbocycles. The van der Waals surface area contributed by atoms with Crippen molar-refractivity contribution in [2.45, 2.75) is 23.8 Å². The number of sulfonamides is 1.